The molecule has 0 aliphatic carbocycles. The molecular weight excluding hydrogens is 416 g/mol. The van der Waals surface area contributed by atoms with Gasteiger partial charge in [-0.15, -0.1) is 0 Å². The number of halogens is 1. The monoisotopic (exact) mass is 438 g/mol. The Balaban J connectivity index is 1.39. The highest BCUT2D eigenvalue weighted by molar-refractivity contribution is 6.33. The first-order chi connectivity index (χ1) is 14.9. The lowest BCUT2D eigenvalue weighted by Crippen LogP contribution is -2.41. The van der Waals surface area contributed by atoms with Crippen molar-refractivity contribution in [1.82, 2.24) is 20.2 Å². The lowest BCUT2D eigenvalue weighted by molar-refractivity contribution is -0.132. The first kappa shape index (κ1) is 20.9. The van der Waals surface area contributed by atoms with E-state index >= 15 is 0 Å². The molecule has 4 rings (SSSR count). The molecule has 8 nitrogen and oxygen atoms in total. The minimum absolute atomic E-state index is 0.0227. The maximum atomic E-state index is 12.6. The number of nitrogens with one attached hydrogen (secondary N) is 2. The molecule has 1 aliphatic rings. The second-order valence-corrected chi connectivity index (χ2v) is 8.05. The first-order valence-electron chi connectivity index (χ1n) is 9.98. The smallest absolute Gasteiger partial charge is 0.253 e. The number of hydrogen-bond donors (Lipinski definition) is 3. The van der Waals surface area contributed by atoms with Crippen molar-refractivity contribution in [3.8, 4) is 0 Å². The Kier molecular flexibility index (Phi) is 5.90. The molecule has 2 aromatic heterocycles. The number of rotatable bonds is 5. The Bertz CT molecular complexity index is 1150. The molecule has 1 aliphatic heterocycles. The Morgan fingerprint density at radius 1 is 1.29 bits per heavy atom. The maximum absolute atomic E-state index is 12.6. The number of pyridine rings is 2. The average Bonchev–Trinajstić information content (AvgIpc) is 2.76. The normalized spacial score (nSPS) is 16.4. The van der Waals surface area contributed by atoms with Crippen molar-refractivity contribution in [1.29, 1.82) is 0 Å². The number of carbonyl (C=O) groups is 2. The van der Waals surface area contributed by atoms with Crippen molar-refractivity contribution >= 4 is 45.8 Å². The summed E-state index contributed by atoms with van der Waals surface area (Å²) in [5.74, 6) is 0.765. The van der Waals surface area contributed by atoms with E-state index in [2.05, 4.69) is 20.6 Å². The lowest BCUT2D eigenvalue weighted by Gasteiger charge is -2.29. The predicted molar refractivity (Wildman–Crippen MR) is 121 cm³/mol. The number of nitrogens with zero attached hydrogens (tertiary/aromatic N) is 3. The van der Waals surface area contributed by atoms with E-state index in [1.807, 2.05) is 24.3 Å². The van der Waals surface area contributed by atoms with Crippen LogP contribution in [0.5, 0.6) is 0 Å². The molecule has 0 bridgehead atoms. The van der Waals surface area contributed by atoms with E-state index < -0.39 is 0 Å². The minimum Gasteiger partial charge on any atom is -0.383 e. The standard InChI is InChI=1S/C22H23ClN6O2/c1-29-7-5-16(10-19(29)30)28-21-18(23)9-15(12-26-21)22(31)27-11-13-2-3-17-14(8-13)4-6-25-20(17)24/h2-4,6,8-9,12,16H,5,7,10-11H2,1H3,(H2,24,25)(H,26,28)(H,27,31). The zero-order valence-electron chi connectivity index (χ0n) is 17.1. The van der Waals surface area contributed by atoms with Gasteiger partial charge < -0.3 is 21.3 Å². The predicted octanol–water partition coefficient (Wildman–Crippen LogP) is 2.83. The summed E-state index contributed by atoms with van der Waals surface area (Å²) >= 11 is 6.34. The number of hydrogen-bond acceptors (Lipinski definition) is 6. The molecule has 1 fully saturated rings. The summed E-state index contributed by atoms with van der Waals surface area (Å²) in [7, 11) is 1.79. The van der Waals surface area contributed by atoms with Gasteiger partial charge in [0.1, 0.15) is 11.6 Å². The number of amides is 2. The van der Waals surface area contributed by atoms with E-state index in [4.69, 9.17) is 17.3 Å². The summed E-state index contributed by atoms with van der Waals surface area (Å²) in [6, 6.07) is 9.20. The van der Waals surface area contributed by atoms with Gasteiger partial charge in [-0.2, -0.15) is 0 Å². The van der Waals surface area contributed by atoms with Crippen LogP contribution in [0.1, 0.15) is 28.8 Å². The number of carbonyl (C=O) groups excluding carboxylic acids is 2. The molecule has 0 saturated carbocycles. The Labute approximate surface area is 184 Å². The number of piperidine rings is 1. The quantitative estimate of drug-likeness (QED) is 0.564. The third-order valence-electron chi connectivity index (χ3n) is 5.42. The number of aromatic nitrogens is 2. The van der Waals surface area contributed by atoms with Gasteiger partial charge in [0.05, 0.1) is 10.6 Å². The second-order valence-electron chi connectivity index (χ2n) is 7.64. The van der Waals surface area contributed by atoms with Crippen molar-refractivity contribution in [2.45, 2.75) is 25.4 Å². The Morgan fingerprint density at radius 2 is 2.13 bits per heavy atom. The van der Waals surface area contributed by atoms with E-state index in [0.29, 0.717) is 41.7 Å². The zero-order chi connectivity index (χ0) is 22.0. The molecule has 1 saturated heterocycles. The molecule has 31 heavy (non-hydrogen) atoms. The largest absolute Gasteiger partial charge is 0.383 e. The average molecular weight is 439 g/mol. The maximum Gasteiger partial charge on any atom is 0.253 e. The Hall–Kier alpha value is -3.39. The molecule has 3 aromatic rings. The van der Waals surface area contributed by atoms with Crippen molar-refractivity contribution in [2.24, 2.45) is 0 Å². The van der Waals surface area contributed by atoms with Crippen LogP contribution >= 0.6 is 11.6 Å². The third-order valence-corrected chi connectivity index (χ3v) is 5.70. The van der Waals surface area contributed by atoms with Crippen LogP contribution in [0, 0.1) is 0 Å². The third kappa shape index (κ3) is 4.69. The molecular formula is C22H23ClN6O2. The number of nitrogen functional groups attached to an aromatic ring is 1. The zero-order valence-corrected chi connectivity index (χ0v) is 17.8. The molecule has 4 N–H and O–H groups in total. The van der Waals surface area contributed by atoms with Gasteiger partial charge in [0.2, 0.25) is 5.91 Å². The van der Waals surface area contributed by atoms with Gasteiger partial charge in [0.15, 0.2) is 0 Å². The SMILES string of the molecule is CN1CCC(Nc2ncc(C(=O)NCc3ccc4c(N)nccc4c3)cc2Cl)CC1=O. The fourth-order valence-corrected chi connectivity index (χ4v) is 3.79. The summed E-state index contributed by atoms with van der Waals surface area (Å²) in [4.78, 5) is 34.5. The molecule has 0 radical (unpaired) electrons. The van der Waals surface area contributed by atoms with Crippen LogP contribution in [-0.2, 0) is 11.3 Å². The van der Waals surface area contributed by atoms with Crippen LogP contribution in [0.15, 0.2) is 42.7 Å². The molecule has 3 heterocycles. The van der Waals surface area contributed by atoms with Gasteiger partial charge in [0, 0.05) is 50.4 Å². The van der Waals surface area contributed by atoms with Gasteiger partial charge >= 0.3 is 0 Å². The molecule has 1 atom stereocenters. The van der Waals surface area contributed by atoms with Gasteiger partial charge in [0.25, 0.3) is 5.91 Å². The van der Waals surface area contributed by atoms with Crippen LogP contribution in [0.2, 0.25) is 5.02 Å². The molecule has 0 spiro atoms. The summed E-state index contributed by atoms with van der Waals surface area (Å²) in [6.45, 7) is 1.04. The van der Waals surface area contributed by atoms with Crippen LogP contribution in [0.25, 0.3) is 10.8 Å². The molecule has 160 valence electrons. The van der Waals surface area contributed by atoms with Crippen LogP contribution in [0.4, 0.5) is 11.6 Å². The van der Waals surface area contributed by atoms with Gasteiger partial charge in [-0.25, -0.2) is 9.97 Å². The first-order valence-corrected chi connectivity index (χ1v) is 10.4. The van der Waals surface area contributed by atoms with Crippen molar-refractivity contribution in [2.75, 3.05) is 24.6 Å². The fourth-order valence-electron chi connectivity index (χ4n) is 3.57. The highest BCUT2D eigenvalue weighted by Gasteiger charge is 2.24. The number of anilines is 2. The van der Waals surface area contributed by atoms with Crippen molar-refractivity contribution in [3.63, 3.8) is 0 Å². The molecule has 9 heteroatoms. The summed E-state index contributed by atoms with van der Waals surface area (Å²) in [5, 5.41) is 8.27. The number of likely N-dealkylation sites (tertiary alicyclic amines) is 1. The van der Waals surface area contributed by atoms with Crippen LogP contribution in [0.3, 0.4) is 0 Å². The lowest BCUT2D eigenvalue weighted by atomic mass is 10.0. The molecule has 1 aromatic carbocycles. The molecule has 1 unspecified atom stereocenters. The minimum atomic E-state index is -0.273. The van der Waals surface area contributed by atoms with Gasteiger partial charge in [-0.3, -0.25) is 9.59 Å². The highest BCUT2D eigenvalue weighted by Crippen LogP contribution is 2.24. The highest BCUT2D eigenvalue weighted by atomic mass is 35.5. The number of nitrogens with two attached hydrogens (primary N) is 1. The van der Waals surface area contributed by atoms with Crippen molar-refractivity contribution < 1.29 is 9.59 Å². The van der Waals surface area contributed by atoms with Gasteiger partial charge in [-0.05, 0) is 35.6 Å². The van der Waals surface area contributed by atoms with E-state index in [0.717, 1.165) is 22.8 Å². The van der Waals surface area contributed by atoms with Crippen molar-refractivity contribution in [3.05, 3.63) is 58.9 Å². The topological polar surface area (TPSA) is 113 Å². The second kappa shape index (κ2) is 8.77. The summed E-state index contributed by atoms with van der Waals surface area (Å²) in [5.41, 5.74) is 7.18. The fraction of sp³-hybridized carbons (Fsp3) is 0.273. The summed E-state index contributed by atoms with van der Waals surface area (Å²) in [6.07, 6.45) is 4.35. The van der Waals surface area contributed by atoms with E-state index in [9.17, 15) is 9.59 Å². The summed E-state index contributed by atoms with van der Waals surface area (Å²) < 4.78 is 0. The van der Waals surface area contributed by atoms with E-state index in [-0.39, 0.29) is 17.9 Å². The van der Waals surface area contributed by atoms with Gasteiger partial charge in [-0.1, -0.05) is 23.7 Å². The van der Waals surface area contributed by atoms with E-state index in [1.165, 1.54) is 6.20 Å². The van der Waals surface area contributed by atoms with Crippen LogP contribution in [-0.4, -0.2) is 46.3 Å². The molecule has 2 amide bonds. The number of fused-ring (bicyclic) bond motifs is 1. The number of benzene rings is 1. The van der Waals surface area contributed by atoms with E-state index in [1.54, 1.807) is 24.2 Å². The Morgan fingerprint density at radius 3 is 2.90 bits per heavy atom. The van der Waals surface area contributed by atoms with Crippen LogP contribution < -0.4 is 16.4 Å².